The number of rotatable bonds is 5. The van der Waals surface area contributed by atoms with Crippen molar-refractivity contribution in [2.45, 2.75) is 29.4 Å². The zero-order chi connectivity index (χ0) is 14.4. The van der Waals surface area contributed by atoms with Crippen LogP contribution < -0.4 is 5.32 Å². The highest BCUT2D eigenvalue weighted by Crippen LogP contribution is 2.36. The number of amides is 1. The average molecular weight is 290 g/mol. The van der Waals surface area contributed by atoms with Crippen LogP contribution in [0.1, 0.15) is 19.3 Å². The number of hydrogen-bond donors (Lipinski definition) is 1. The number of ether oxygens (including phenoxy) is 1. The number of benzene rings is 1. The zero-order valence-electron chi connectivity index (χ0n) is 10.8. The smallest absolute Gasteiger partial charge is 0.307 e. The van der Waals surface area contributed by atoms with Crippen LogP contribution in [0.5, 0.6) is 0 Å². The summed E-state index contributed by atoms with van der Waals surface area (Å²) in [6.07, 6.45) is 0.922. The predicted octanol–water partition coefficient (Wildman–Crippen LogP) is 2.34. The highest BCUT2D eigenvalue weighted by atomic mass is 32.2. The largest absolute Gasteiger partial charge is 0.466 e. The van der Waals surface area contributed by atoms with E-state index in [9.17, 15) is 9.59 Å². The summed E-state index contributed by atoms with van der Waals surface area (Å²) in [5, 5.41) is 10.7. The van der Waals surface area contributed by atoms with Gasteiger partial charge >= 0.3 is 5.97 Å². The number of esters is 1. The topological polar surface area (TPSA) is 79.2 Å². The molecule has 6 heteroatoms. The summed E-state index contributed by atoms with van der Waals surface area (Å²) in [6.45, 7) is 0.224. The maximum atomic E-state index is 11.9. The number of fused-ring (bicyclic) bond motifs is 1. The Labute approximate surface area is 121 Å². The lowest BCUT2D eigenvalue weighted by Gasteiger charge is -2.23. The predicted molar refractivity (Wildman–Crippen MR) is 75.1 cm³/mol. The summed E-state index contributed by atoms with van der Waals surface area (Å²) < 4.78 is 5.00. The first-order valence-electron chi connectivity index (χ1n) is 6.30. The first-order valence-corrected chi connectivity index (χ1v) is 7.18. The highest BCUT2D eigenvalue weighted by molar-refractivity contribution is 8.01. The van der Waals surface area contributed by atoms with Gasteiger partial charge in [0.15, 0.2) is 0 Å². The maximum absolute atomic E-state index is 11.9. The Hall–Kier alpha value is -2.00. The van der Waals surface area contributed by atoms with Crippen LogP contribution in [-0.2, 0) is 14.3 Å². The molecule has 1 N–H and O–H groups in total. The van der Waals surface area contributed by atoms with Crippen molar-refractivity contribution in [2.24, 2.45) is 0 Å². The summed E-state index contributed by atoms with van der Waals surface area (Å²) in [4.78, 5) is 24.5. The SMILES string of the molecule is N#CCCCOC(=O)CC1Sc2ccccc2NC1=O. The molecule has 1 unspecified atom stereocenters. The van der Waals surface area contributed by atoms with Crippen molar-refractivity contribution in [3.05, 3.63) is 24.3 Å². The van der Waals surface area contributed by atoms with E-state index in [2.05, 4.69) is 5.32 Å². The highest BCUT2D eigenvalue weighted by Gasteiger charge is 2.29. The van der Waals surface area contributed by atoms with E-state index >= 15 is 0 Å². The molecule has 1 amide bonds. The molecule has 0 saturated heterocycles. The van der Waals surface area contributed by atoms with Crippen LogP contribution in [0, 0.1) is 11.3 Å². The van der Waals surface area contributed by atoms with Crippen LogP contribution >= 0.6 is 11.8 Å². The Bertz CT molecular complexity index is 554. The number of anilines is 1. The van der Waals surface area contributed by atoms with Crippen LogP contribution in [0.4, 0.5) is 5.69 Å². The number of nitriles is 1. The molecule has 1 aliphatic rings. The van der Waals surface area contributed by atoms with E-state index in [-0.39, 0.29) is 18.9 Å². The number of para-hydroxylation sites is 1. The van der Waals surface area contributed by atoms with Gasteiger partial charge in [0.1, 0.15) is 0 Å². The summed E-state index contributed by atoms with van der Waals surface area (Å²) in [5.74, 6) is -0.586. The quantitative estimate of drug-likeness (QED) is 0.665. The number of carbonyl (C=O) groups excluding carboxylic acids is 2. The Balaban J connectivity index is 1.86. The van der Waals surface area contributed by atoms with Crippen molar-refractivity contribution in [2.75, 3.05) is 11.9 Å². The number of carbonyl (C=O) groups is 2. The van der Waals surface area contributed by atoms with Crippen molar-refractivity contribution in [1.82, 2.24) is 0 Å². The Morgan fingerprint density at radius 1 is 1.45 bits per heavy atom. The van der Waals surface area contributed by atoms with Gasteiger partial charge in [-0.25, -0.2) is 0 Å². The molecule has 0 aliphatic carbocycles. The van der Waals surface area contributed by atoms with Crippen molar-refractivity contribution < 1.29 is 14.3 Å². The van der Waals surface area contributed by atoms with E-state index in [1.54, 1.807) is 0 Å². The fraction of sp³-hybridized carbons (Fsp3) is 0.357. The maximum Gasteiger partial charge on any atom is 0.307 e. The number of hydrogen-bond acceptors (Lipinski definition) is 5. The van der Waals surface area contributed by atoms with E-state index in [0.717, 1.165) is 10.6 Å². The second-order valence-electron chi connectivity index (χ2n) is 4.28. The van der Waals surface area contributed by atoms with Crippen LogP contribution in [0.25, 0.3) is 0 Å². The molecule has 1 aliphatic heterocycles. The molecule has 0 saturated carbocycles. The average Bonchev–Trinajstić information content (AvgIpc) is 2.44. The fourth-order valence-electron chi connectivity index (χ4n) is 1.77. The number of unbranched alkanes of at least 4 members (excludes halogenated alkanes) is 1. The Morgan fingerprint density at radius 3 is 3.05 bits per heavy atom. The van der Waals surface area contributed by atoms with Crippen LogP contribution in [0.2, 0.25) is 0 Å². The van der Waals surface area contributed by atoms with Crippen molar-refractivity contribution in [3.8, 4) is 6.07 Å². The van der Waals surface area contributed by atoms with Gasteiger partial charge in [-0.3, -0.25) is 9.59 Å². The van der Waals surface area contributed by atoms with E-state index < -0.39 is 11.2 Å². The monoisotopic (exact) mass is 290 g/mol. The number of nitrogens with zero attached hydrogens (tertiary/aromatic N) is 1. The van der Waals surface area contributed by atoms with Crippen molar-refractivity contribution in [3.63, 3.8) is 0 Å². The molecule has 20 heavy (non-hydrogen) atoms. The van der Waals surface area contributed by atoms with Gasteiger partial charge in [-0.2, -0.15) is 5.26 Å². The molecular formula is C14H14N2O3S. The Morgan fingerprint density at radius 2 is 2.25 bits per heavy atom. The van der Waals surface area contributed by atoms with E-state index in [4.69, 9.17) is 10.00 Å². The molecule has 2 rings (SSSR count). The lowest BCUT2D eigenvalue weighted by Crippen LogP contribution is -2.31. The van der Waals surface area contributed by atoms with Crippen molar-refractivity contribution in [1.29, 1.82) is 5.26 Å². The third-order valence-electron chi connectivity index (χ3n) is 2.75. The second kappa shape index (κ2) is 6.96. The minimum Gasteiger partial charge on any atom is -0.466 e. The van der Waals surface area contributed by atoms with E-state index in [0.29, 0.717) is 12.8 Å². The molecule has 0 spiro atoms. The van der Waals surface area contributed by atoms with Gasteiger partial charge in [0.25, 0.3) is 0 Å². The van der Waals surface area contributed by atoms with Crippen LogP contribution in [0.3, 0.4) is 0 Å². The molecule has 0 fully saturated rings. The standard InChI is InChI=1S/C14H14N2O3S/c15-7-3-4-8-19-13(17)9-12-14(18)16-10-5-1-2-6-11(10)20-12/h1-2,5-6,12H,3-4,8-9H2,(H,16,18). The summed E-state index contributed by atoms with van der Waals surface area (Å²) >= 11 is 1.37. The molecule has 1 atom stereocenters. The minimum absolute atomic E-state index is 0.0391. The van der Waals surface area contributed by atoms with Gasteiger partial charge in [-0.05, 0) is 18.6 Å². The first-order chi connectivity index (χ1) is 9.70. The molecule has 1 heterocycles. The normalized spacial score (nSPS) is 16.8. The third-order valence-corrected chi connectivity index (χ3v) is 4.03. The summed E-state index contributed by atoms with van der Waals surface area (Å²) in [7, 11) is 0. The van der Waals surface area contributed by atoms with E-state index in [1.165, 1.54) is 11.8 Å². The molecule has 104 valence electrons. The molecule has 1 aromatic carbocycles. The molecule has 0 aromatic heterocycles. The van der Waals surface area contributed by atoms with Gasteiger partial charge in [-0.15, -0.1) is 11.8 Å². The lowest BCUT2D eigenvalue weighted by molar-refractivity contribution is -0.144. The number of thioether (sulfide) groups is 1. The van der Waals surface area contributed by atoms with Gasteiger partial charge in [-0.1, -0.05) is 12.1 Å². The summed E-state index contributed by atoms with van der Waals surface area (Å²) in [5.41, 5.74) is 0.779. The molecule has 1 aromatic rings. The molecule has 0 bridgehead atoms. The number of nitrogens with one attached hydrogen (secondary N) is 1. The zero-order valence-corrected chi connectivity index (χ0v) is 11.6. The Kier molecular flexibility index (Phi) is 5.02. The van der Waals surface area contributed by atoms with Crippen molar-refractivity contribution >= 4 is 29.3 Å². The van der Waals surface area contributed by atoms with Crippen LogP contribution in [0.15, 0.2) is 29.2 Å². The molecule has 5 nitrogen and oxygen atoms in total. The second-order valence-corrected chi connectivity index (χ2v) is 5.52. The third kappa shape index (κ3) is 3.75. The van der Waals surface area contributed by atoms with Gasteiger partial charge in [0, 0.05) is 11.3 Å². The lowest BCUT2D eigenvalue weighted by atomic mass is 10.2. The fourth-order valence-corrected chi connectivity index (χ4v) is 2.87. The summed E-state index contributed by atoms with van der Waals surface area (Å²) in [6, 6.07) is 9.46. The van der Waals surface area contributed by atoms with Gasteiger partial charge in [0.2, 0.25) is 5.91 Å². The molecule has 0 radical (unpaired) electrons. The minimum atomic E-state index is -0.464. The van der Waals surface area contributed by atoms with Gasteiger partial charge in [0.05, 0.1) is 30.0 Å². The molecular weight excluding hydrogens is 276 g/mol. The van der Waals surface area contributed by atoms with Crippen LogP contribution in [-0.4, -0.2) is 23.7 Å². The van der Waals surface area contributed by atoms with Gasteiger partial charge < -0.3 is 10.1 Å². The first kappa shape index (κ1) is 14.4. The van der Waals surface area contributed by atoms with E-state index in [1.807, 2.05) is 30.3 Å².